The van der Waals surface area contributed by atoms with Gasteiger partial charge in [0.2, 0.25) is 15.5 Å². The molecule has 0 bridgehead atoms. The summed E-state index contributed by atoms with van der Waals surface area (Å²) in [5.41, 5.74) is -2.81. The third kappa shape index (κ3) is 4.68. The highest BCUT2D eigenvalue weighted by Gasteiger charge is 2.35. The van der Waals surface area contributed by atoms with Crippen molar-refractivity contribution in [2.75, 3.05) is 5.75 Å². The molecule has 2 N–H and O–H groups in total. The molecular formula is C19H17F4N3O3S. The molecule has 0 aliphatic carbocycles. The van der Waals surface area contributed by atoms with Crippen molar-refractivity contribution in [2.24, 2.45) is 5.14 Å². The lowest BCUT2D eigenvalue weighted by Gasteiger charge is -2.14. The van der Waals surface area contributed by atoms with E-state index in [4.69, 9.17) is 5.14 Å². The zero-order valence-corrected chi connectivity index (χ0v) is 16.3. The SMILES string of the molecule is NS(=O)(=O)CCCCn1nc(-c2cccc(C(F)(F)F)c2F)c(=O)c2ccccc21. The highest BCUT2D eigenvalue weighted by atomic mass is 32.2. The van der Waals surface area contributed by atoms with Crippen LogP contribution in [-0.2, 0) is 22.7 Å². The first kappa shape index (κ1) is 21.9. The third-order valence-electron chi connectivity index (χ3n) is 4.47. The van der Waals surface area contributed by atoms with Gasteiger partial charge in [0.1, 0.15) is 11.5 Å². The van der Waals surface area contributed by atoms with Gasteiger partial charge < -0.3 is 0 Å². The Kier molecular flexibility index (Phi) is 5.95. The van der Waals surface area contributed by atoms with Gasteiger partial charge >= 0.3 is 6.18 Å². The number of alkyl halides is 3. The van der Waals surface area contributed by atoms with Gasteiger partial charge in [0.25, 0.3) is 0 Å². The minimum absolute atomic E-state index is 0.157. The van der Waals surface area contributed by atoms with Crippen LogP contribution in [-0.4, -0.2) is 24.0 Å². The minimum atomic E-state index is -4.93. The Hall–Kier alpha value is -2.79. The van der Waals surface area contributed by atoms with Gasteiger partial charge in [-0.05, 0) is 37.1 Å². The van der Waals surface area contributed by atoms with Crippen LogP contribution in [0.15, 0.2) is 47.3 Å². The maximum Gasteiger partial charge on any atom is 0.419 e. The number of fused-ring (bicyclic) bond motifs is 1. The van der Waals surface area contributed by atoms with Crippen molar-refractivity contribution in [3.63, 3.8) is 0 Å². The Morgan fingerprint density at radius 3 is 2.40 bits per heavy atom. The van der Waals surface area contributed by atoms with Crippen LogP contribution in [0.2, 0.25) is 0 Å². The van der Waals surface area contributed by atoms with E-state index in [2.05, 4.69) is 5.10 Å². The van der Waals surface area contributed by atoms with Crippen molar-refractivity contribution in [3.05, 3.63) is 64.1 Å². The minimum Gasteiger partial charge on any atom is -0.287 e. The molecule has 1 heterocycles. The van der Waals surface area contributed by atoms with Crippen LogP contribution in [0.4, 0.5) is 17.6 Å². The Balaban J connectivity index is 2.11. The molecule has 0 aliphatic rings. The van der Waals surface area contributed by atoms with E-state index in [-0.39, 0.29) is 24.1 Å². The van der Waals surface area contributed by atoms with Crippen LogP contribution in [0.25, 0.3) is 22.2 Å². The fourth-order valence-electron chi connectivity index (χ4n) is 3.08. The van der Waals surface area contributed by atoms with Crippen LogP contribution in [0.5, 0.6) is 0 Å². The average Bonchev–Trinajstić information content (AvgIpc) is 2.66. The summed E-state index contributed by atoms with van der Waals surface area (Å²) in [6, 6.07) is 8.94. The molecule has 0 aliphatic heterocycles. The smallest absolute Gasteiger partial charge is 0.287 e. The molecule has 0 radical (unpaired) electrons. The first-order valence-corrected chi connectivity index (χ1v) is 10.6. The molecule has 0 atom stereocenters. The number of nitrogens with zero attached hydrogens (tertiary/aromatic N) is 2. The number of aryl methyl sites for hydroxylation is 1. The monoisotopic (exact) mass is 443 g/mol. The summed E-state index contributed by atoms with van der Waals surface area (Å²) in [7, 11) is -3.64. The maximum atomic E-state index is 14.6. The summed E-state index contributed by atoms with van der Waals surface area (Å²) in [5.74, 6) is -1.83. The first-order valence-electron chi connectivity index (χ1n) is 8.85. The molecular weight excluding hydrogens is 426 g/mol. The van der Waals surface area contributed by atoms with E-state index in [1.165, 1.54) is 10.7 Å². The van der Waals surface area contributed by atoms with Gasteiger partial charge in [-0.2, -0.15) is 18.3 Å². The number of sulfonamides is 1. The Bertz CT molecular complexity index is 1250. The van der Waals surface area contributed by atoms with Crippen molar-refractivity contribution >= 4 is 20.9 Å². The van der Waals surface area contributed by atoms with Crippen LogP contribution >= 0.6 is 0 Å². The van der Waals surface area contributed by atoms with E-state index in [9.17, 15) is 30.8 Å². The van der Waals surface area contributed by atoms with E-state index >= 15 is 0 Å². The molecule has 1 aromatic heterocycles. The zero-order chi connectivity index (χ0) is 22.1. The lowest BCUT2D eigenvalue weighted by atomic mass is 10.0. The van der Waals surface area contributed by atoms with E-state index in [1.807, 2.05) is 0 Å². The molecule has 2 aromatic carbocycles. The molecule has 160 valence electrons. The lowest BCUT2D eigenvalue weighted by Crippen LogP contribution is -2.19. The molecule has 0 unspecified atom stereocenters. The summed E-state index contributed by atoms with van der Waals surface area (Å²) in [4.78, 5) is 12.8. The second kappa shape index (κ2) is 8.15. The van der Waals surface area contributed by atoms with Crippen molar-refractivity contribution in [1.82, 2.24) is 9.78 Å². The van der Waals surface area contributed by atoms with Crippen LogP contribution < -0.4 is 10.6 Å². The molecule has 3 rings (SSSR count). The number of halogens is 4. The number of nitrogens with two attached hydrogens (primary N) is 1. The fourth-order valence-corrected chi connectivity index (χ4v) is 3.69. The Labute approximate surface area is 169 Å². The maximum absolute atomic E-state index is 14.6. The number of hydrogen-bond acceptors (Lipinski definition) is 4. The van der Waals surface area contributed by atoms with E-state index in [1.54, 1.807) is 18.2 Å². The van der Waals surface area contributed by atoms with Gasteiger partial charge in [-0.3, -0.25) is 9.48 Å². The summed E-state index contributed by atoms with van der Waals surface area (Å²) in [6.45, 7) is 0.157. The number of para-hydroxylation sites is 1. The summed E-state index contributed by atoms with van der Waals surface area (Å²) >= 11 is 0. The highest BCUT2D eigenvalue weighted by Crippen LogP contribution is 2.34. The number of primary sulfonamides is 1. The number of aromatic nitrogens is 2. The predicted octanol–water partition coefficient (Wildman–Crippen LogP) is 3.29. The Morgan fingerprint density at radius 1 is 1.03 bits per heavy atom. The van der Waals surface area contributed by atoms with Crippen molar-refractivity contribution in [1.29, 1.82) is 0 Å². The van der Waals surface area contributed by atoms with Gasteiger partial charge in [0.15, 0.2) is 0 Å². The topological polar surface area (TPSA) is 95.1 Å². The lowest BCUT2D eigenvalue weighted by molar-refractivity contribution is -0.139. The van der Waals surface area contributed by atoms with Gasteiger partial charge in [0, 0.05) is 17.5 Å². The van der Waals surface area contributed by atoms with E-state index in [0.717, 1.165) is 12.1 Å². The van der Waals surface area contributed by atoms with Gasteiger partial charge in [0.05, 0.1) is 16.8 Å². The van der Waals surface area contributed by atoms with Crippen LogP contribution in [0, 0.1) is 5.82 Å². The first-order chi connectivity index (χ1) is 14.0. The Morgan fingerprint density at radius 2 is 1.73 bits per heavy atom. The number of hydrogen-bond donors (Lipinski definition) is 1. The van der Waals surface area contributed by atoms with Crippen molar-refractivity contribution in [3.8, 4) is 11.3 Å². The number of benzene rings is 2. The van der Waals surface area contributed by atoms with Gasteiger partial charge in [-0.15, -0.1) is 0 Å². The van der Waals surface area contributed by atoms with Crippen LogP contribution in [0.1, 0.15) is 18.4 Å². The predicted molar refractivity (Wildman–Crippen MR) is 104 cm³/mol. The number of rotatable bonds is 6. The molecule has 0 spiro atoms. The second-order valence-corrected chi connectivity index (χ2v) is 8.39. The van der Waals surface area contributed by atoms with E-state index in [0.29, 0.717) is 18.0 Å². The molecule has 0 fully saturated rings. The molecule has 0 amide bonds. The molecule has 3 aromatic rings. The third-order valence-corrected chi connectivity index (χ3v) is 5.33. The molecule has 6 nitrogen and oxygen atoms in total. The normalized spacial score (nSPS) is 12.4. The zero-order valence-electron chi connectivity index (χ0n) is 15.5. The van der Waals surface area contributed by atoms with Crippen molar-refractivity contribution in [2.45, 2.75) is 25.6 Å². The molecule has 30 heavy (non-hydrogen) atoms. The largest absolute Gasteiger partial charge is 0.419 e. The second-order valence-electron chi connectivity index (χ2n) is 6.66. The molecule has 11 heteroatoms. The summed E-state index contributed by atoms with van der Waals surface area (Å²) in [5, 5.41) is 9.23. The average molecular weight is 443 g/mol. The molecule has 0 saturated heterocycles. The summed E-state index contributed by atoms with van der Waals surface area (Å²) in [6.07, 6.45) is -4.39. The number of unbranched alkanes of at least 4 members (excludes halogenated alkanes) is 1. The summed E-state index contributed by atoms with van der Waals surface area (Å²) < 4.78 is 77.3. The molecule has 0 saturated carbocycles. The highest BCUT2D eigenvalue weighted by molar-refractivity contribution is 7.89. The van der Waals surface area contributed by atoms with E-state index < -0.39 is 44.3 Å². The van der Waals surface area contributed by atoms with Crippen LogP contribution in [0.3, 0.4) is 0 Å². The fraction of sp³-hybridized carbons (Fsp3) is 0.263. The van der Waals surface area contributed by atoms with Gasteiger partial charge in [-0.1, -0.05) is 18.2 Å². The standard InChI is InChI=1S/C19H17F4N3O3S/c20-16-13(7-5-8-14(16)19(21,22)23)17-18(27)12-6-1-2-9-15(12)26(25-17)10-3-4-11-30(24,28)29/h1-2,5-9H,3-4,10-11H2,(H2,24,28,29). The van der Waals surface area contributed by atoms with Gasteiger partial charge in [-0.25, -0.2) is 17.9 Å². The van der Waals surface area contributed by atoms with Crippen molar-refractivity contribution < 1.29 is 26.0 Å². The quantitative estimate of drug-likeness (QED) is 0.467.